The van der Waals surface area contributed by atoms with E-state index in [-0.39, 0.29) is 6.61 Å². The van der Waals surface area contributed by atoms with Crippen molar-refractivity contribution in [1.82, 2.24) is 4.98 Å². The monoisotopic (exact) mass is 263 g/mol. The SMILES string of the molecule is Cc1cc(N(CCO)C2CCCC2)c(CN)c(C)n1. The molecule has 1 aliphatic rings. The van der Waals surface area contributed by atoms with E-state index in [4.69, 9.17) is 5.73 Å². The lowest BCUT2D eigenvalue weighted by molar-refractivity contribution is 0.297. The van der Waals surface area contributed by atoms with E-state index in [2.05, 4.69) is 16.0 Å². The Balaban J connectivity index is 2.39. The number of hydrogen-bond donors (Lipinski definition) is 2. The first-order valence-corrected chi connectivity index (χ1v) is 7.22. The highest BCUT2D eigenvalue weighted by Gasteiger charge is 2.24. The molecule has 0 spiro atoms. The van der Waals surface area contributed by atoms with Crippen LogP contribution in [-0.4, -0.2) is 29.3 Å². The first-order chi connectivity index (χ1) is 9.17. The summed E-state index contributed by atoms with van der Waals surface area (Å²) in [5.74, 6) is 0. The molecule has 19 heavy (non-hydrogen) atoms. The second-order valence-corrected chi connectivity index (χ2v) is 5.41. The van der Waals surface area contributed by atoms with Crippen molar-refractivity contribution < 1.29 is 5.11 Å². The van der Waals surface area contributed by atoms with Crippen LogP contribution in [0.4, 0.5) is 5.69 Å². The van der Waals surface area contributed by atoms with Gasteiger partial charge in [-0.05, 0) is 32.8 Å². The molecular weight excluding hydrogens is 238 g/mol. The summed E-state index contributed by atoms with van der Waals surface area (Å²) in [5.41, 5.74) is 10.2. The van der Waals surface area contributed by atoms with Crippen molar-refractivity contribution in [2.75, 3.05) is 18.1 Å². The lowest BCUT2D eigenvalue weighted by atomic mass is 10.1. The molecule has 106 valence electrons. The minimum atomic E-state index is 0.181. The molecule has 4 heteroatoms. The number of nitrogens with two attached hydrogens (primary N) is 1. The zero-order valence-electron chi connectivity index (χ0n) is 12.0. The molecule has 1 aromatic rings. The summed E-state index contributed by atoms with van der Waals surface area (Å²) in [6.07, 6.45) is 5.00. The normalized spacial score (nSPS) is 16.0. The van der Waals surface area contributed by atoms with E-state index in [9.17, 15) is 5.11 Å². The van der Waals surface area contributed by atoms with E-state index in [0.29, 0.717) is 19.1 Å². The summed E-state index contributed by atoms with van der Waals surface area (Å²) in [6.45, 7) is 5.40. The highest BCUT2D eigenvalue weighted by Crippen LogP contribution is 2.31. The fourth-order valence-corrected chi connectivity index (χ4v) is 3.17. The molecule has 0 saturated heterocycles. The molecule has 0 aliphatic heterocycles. The third kappa shape index (κ3) is 3.07. The van der Waals surface area contributed by atoms with Gasteiger partial charge in [-0.3, -0.25) is 4.98 Å². The standard InChI is InChI=1S/C15H25N3O/c1-11-9-15(14(10-16)12(2)17-11)18(7-8-19)13-5-3-4-6-13/h9,13,19H,3-8,10,16H2,1-2H3. The summed E-state index contributed by atoms with van der Waals surface area (Å²) in [7, 11) is 0. The molecule has 1 fully saturated rings. The largest absolute Gasteiger partial charge is 0.395 e. The van der Waals surface area contributed by atoms with Crippen LogP contribution in [0.25, 0.3) is 0 Å². The van der Waals surface area contributed by atoms with Gasteiger partial charge in [0, 0.05) is 41.8 Å². The van der Waals surface area contributed by atoms with E-state index in [1.807, 2.05) is 13.8 Å². The van der Waals surface area contributed by atoms with Crippen LogP contribution in [0.5, 0.6) is 0 Å². The second kappa shape index (κ2) is 6.35. The third-order valence-corrected chi connectivity index (χ3v) is 4.06. The number of aliphatic hydroxyl groups is 1. The van der Waals surface area contributed by atoms with Crippen molar-refractivity contribution in [1.29, 1.82) is 0 Å². The average Bonchev–Trinajstić information content (AvgIpc) is 2.88. The Kier molecular flexibility index (Phi) is 4.77. The van der Waals surface area contributed by atoms with Gasteiger partial charge in [0.25, 0.3) is 0 Å². The Bertz CT molecular complexity index is 428. The smallest absolute Gasteiger partial charge is 0.0606 e. The topological polar surface area (TPSA) is 62.4 Å². The molecule has 0 unspecified atom stereocenters. The van der Waals surface area contributed by atoms with Crippen LogP contribution in [0.3, 0.4) is 0 Å². The van der Waals surface area contributed by atoms with Crippen LogP contribution in [0.1, 0.15) is 42.6 Å². The summed E-state index contributed by atoms with van der Waals surface area (Å²) < 4.78 is 0. The van der Waals surface area contributed by atoms with Crippen molar-refractivity contribution in [3.63, 3.8) is 0 Å². The molecule has 0 atom stereocenters. The number of rotatable bonds is 5. The van der Waals surface area contributed by atoms with Gasteiger partial charge in [0.15, 0.2) is 0 Å². The fourth-order valence-electron chi connectivity index (χ4n) is 3.17. The van der Waals surface area contributed by atoms with Gasteiger partial charge in [0.05, 0.1) is 6.61 Å². The van der Waals surface area contributed by atoms with Gasteiger partial charge >= 0.3 is 0 Å². The van der Waals surface area contributed by atoms with E-state index in [1.165, 1.54) is 31.4 Å². The highest BCUT2D eigenvalue weighted by atomic mass is 16.3. The minimum Gasteiger partial charge on any atom is -0.395 e. The molecule has 0 bridgehead atoms. The van der Waals surface area contributed by atoms with Crippen LogP contribution < -0.4 is 10.6 Å². The maximum atomic E-state index is 9.37. The quantitative estimate of drug-likeness (QED) is 0.851. The lowest BCUT2D eigenvalue weighted by Crippen LogP contribution is -2.37. The van der Waals surface area contributed by atoms with Crippen LogP contribution in [-0.2, 0) is 6.54 Å². The van der Waals surface area contributed by atoms with Gasteiger partial charge < -0.3 is 15.7 Å². The number of hydrogen-bond acceptors (Lipinski definition) is 4. The molecular formula is C15H25N3O. The summed E-state index contributed by atoms with van der Waals surface area (Å²) >= 11 is 0. The Morgan fingerprint density at radius 3 is 2.63 bits per heavy atom. The van der Waals surface area contributed by atoms with Crippen LogP contribution in [0.15, 0.2) is 6.07 Å². The average molecular weight is 263 g/mol. The van der Waals surface area contributed by atoms with E-state index in [1.54, 1.807) is 0 Å². The predicted octanol–water partition coefficient (Wildman–Crippen LogP) is 1.90. The summed E-state index contributed by atoms with van der Waals surface area (Å²) in [5, 5.41) is 9.37. The van der Waals surface area contributed by atoms with Crippen molar-refractivity contribution >= 4 is 5.69 Å². The molecule has 1 saturated carbocycles. The summed E-state index contributed by atoms with van der Waals surface area (Å²) in [6, 6.07) is 2.65. The Hall–Kier alpha value is -1.13. The van der Waals surface area contributed by atoms with E-state index in [0.717, 1.165) is 17.0 Å². The van der Waals surface area contributed by atoms with Gasteiger partial charge in [0.2, 0.25) is 0 Å². The number of aliphatic hydroxyl groups excluding tert-OH is 1. The number of aryl methyl sites for hydroxylation is 2. The number of nitrogens with zero attached hydrogens (tertiary/aromatic N) is 2. The van der Waals surface area contributed by atoms with Gasteiger partial charge in [-0.25, -0.2) is 0 Å². The van der Waals surface area contributed by atoms with Gasteiger partial charge in [-0.1, -0.05) is 12.8 Å². The summed E-state index contributed by atoms with van der Waals surface area (Å²) in [4.78, 5) is 6.85. The van der Waals surface area contributed by atoms with Crippen LogP contribution >= 0.6 is 0 Å². The van der Waals surface area contributed by atoms with Crippen molar-refractivity contribution in [2.24, 2.45) is 5.73 Å². The highest BCUT2D eigenvalue weighted by molar-refractivity contribution is 5.57. The Labute approximate surface area is 115 Å². The molecule has 0 aromatic carbocycles. The minimum absolute atomic E-state index is 0.181. The number of anilines is 1. The zero-order chi connectivity index (χ0) is 13.8. The second-order valence-electron chi connectivity index (χ2n) is 5.41. The van der Waals surface area contributed by atoms with Crippen molar-refractivity contribution in [3.8, 4) is 0 Å². The van der Waals surface area contributed by atoms with E-state index < -0.39 is 0 Å². The Morgan fingerprint density at radius 2 is 2.05 bits per heavy atom. The van der Waals surface area contributed by atoms with Crippen LogP contribution in [0, 0.1) is 13.8 Å². The van der Waals surface area contributed by atoms with E-state index >= 15 is 0 Å². The first-order valence-electron chi connectivity index (χ1n) is 7.22. The lowest BCUT2D eigenvalue weighted by Gasteiger charge is -2.33. The molecule has 1 heterocycles. The third-order valence-electron chi connectivity index (χ3n) is 4.06. The molecule has 1 aliphatic carbocycles. The van der Waals surface area contributed by atoms with Crippen LogP contribution in [0.2, 0.25) is 0 Å². The number of aromatic nitrogens is 1. The fraction of sp³-hybridized carbons (Fsp3) is 0.667. The Morgan fingerprint density at radius 1 is 1.37 bits per heavy atom. The van der Waals surface area contributed by atoms with Gasteiger partial charge in [-0.2, -0.15) is 0 Å². The zero-order valence-corrected chi connectivity index (χ0v) is 12.0. The molecule has 1 aromatic heterocycles. The van der Waals surface area contributed by atoms with Crippen molar-refractivity contribution in [2.45, 2.75) is 52.1 Å². The van der Waals surface area contributed by atoms with Gasteiger partial charge in [0.1, 0.15) is 0 Å². The molecule has 0 amide bonds. The van der Waals surface area contributed by atoms with Gasteiger partial charge in [-0.15, -0.1) is 0 Å². The maximum Gasteiger partial charge on any atom is 0.0606 e. The maximum absolute atomic E-state index is 9.37. The first kappa shape index (κ1) is 14.3. The molecule has 0 radical (unpaired) electrons. The van der Waals surface area contributed by atoms with Crippen molar-refractivity contribution in [3.05, 3.63) is 23.0 Å². The molecule has 3 N–H and O–H groups in total. The molecule has 4 nitrogen and oxygen atoms in total. The number of pyridine rings is 1. The molecule has 2 rings (SSSR count). The predicted molar refractivity (Wildman–Crippen MR) is 78.3 cm³/mol.